The Balaban J connectivity index is 2.27. The minimum atomic E-state index is -0.922. The Morgan fingerprint density at radius 3 is 2.89 bits per heavy atom. The molecule has 0 bridgehead atoms. The largest absolute Gasteiger partial charge is 0.480 e. The number of aromatic nitrogens is 1. The number of halogens is 1. The second-order valence-corrected chi connectivity index (χ2v) is 5.24. The van der Waals surface area contributed by atoms with E-state index in [0.717, 1.165) is 10.9 Å². The van der Waals surface area contributed by atoms with Crippen molar-refractivity contribution in [3.8, 4) is 0 Å². The topological polar surface area (TPSA) is 62.5 Å². The van der Waals surface area contributed by atoms with Gasteiger partial charge in [0.2, 0.25) is 0 Å². The summed E-state index contributed by atoms with van der Waals surface area (Å²) in [5.41, 5.74) is 0.539. The van der Waals surface area contributed by atoms with E-state index in [1.54, 1.807) is 6.07 Å². The first kappa shape index (κ1) is 13.1. The molecule has 2 heterocycles. The van der Waals surface area contributed by atoms with Crippen LogP contribution in [0.3, 0.4) is 0 Å². The van der Waals surface area contributed by atoms with Crippen molar-refractivity contribution in [1.82, 2.24) is 9.47 Å². The molecule has 1 saturated heterocycles. The van der Waals surface area contributed by atoms with Crippen LogP contribution in [0.15, 0.2) is 16.7 Å². The Bertz CT molecular complexity index is 484. The average molecular weight is 315 g/mol. The standard InChI is InChI=1S/C12H15BrN2O3/c1-2-14-7-8(13)6-10(14)11(16)15-5-3-4-9(15)12(17)18/h6-7,9H,2-5H2,1H3,(H,17,18). The van der Waals surface area contributed by atoms with Crippen molar-refractivity contribution < 1.29 is 14.7 Å². The van der Waals surface area contributed by atoms with Crippen molar-refractivity contribution in [2.24, 2.45) is 0 Å². The molecule has 0 spiro atoms. The number of nitrogens with zero attached hydrogens (tertiary/aromatic N) is 2. The molecule has 1 aromatic heterocycles. The first-order chi connectivity index (χ1) is 8.54. The van der Waals surface area contributed by atoms with Gasteiger partial charge in [-0.3, -0.25) is 4.79 Å². The fraction of sp³-hybridized carbons (Fsp3) is 0.500. The molecule has 2 rings (SSSR count). The summed E-state index contributed by atoms with van der Waals surface area (Å²) in [7, 11) is 0. The van der Waals surface area contributed by atoms with E-state index in [-0.39, 0.29) is 5.91 Å². The quantitative estimate of drug-likeness (QED) is 0.927. The summed E-state index contributed by atoms with van der Waals surface area (Å²) in [6.45, 7) is 3.14. The number of carboxylic acid groups (broad SMARTS) is 1. The molecule has 18 heavy (non-hydrogen) atoms. The maximum absolute atomic E-state index is 12.4. The Morgan fingerprint density at radius 2 is 2.28 bits per heavy atom. The summed E-state index contributed by atoms with van der Waals surface area (Å²) < 4.78 is 2.66. The van der Waals surface area contributed by atoms with Crippen molar-refractivity contribution in [3.05, 3.63) is 22.4 Å². The van der Waals surface area contributed by atoms with Gasteiger partial charge in [0.15, 0.2) is 0 Å². The highest BCUT2D eigenvalue weighted by atomic mass is 79.9. The van der Waals surface area contributed by atoms with Gasteiger partial charge in [0.05, 0.1) is 0 Å². The minimum absolute atomic E-state index is 0.201. The number of hydrogen-bond acceptors (Lipinski definition) is 2. The highest BCUT2D eigenvalue weighted by molar-refractivity contribution is 9.10. The maximum atomic E-state index is 12.4. The first-order valence-corrected chi connectivity index (χ1v) is 6.73. The number of aryl methyl sites for hydroxylation is 1. The molecule has 0 aliphatic carbocycles. The summed E-state index contributed by atoms with van der Waals surface area (Å²) >= 11 is 3.34. The molecular formula is C12H15BrN2O3. The van der Waals surface area contributed by atoms with Crippen LogP contribution in [0.2, 0.25) is 0 Å². The van der Waals surface area contributed by atoms with Crippen molar-refractivity contribution in [1.29, 1.82) is 0 Å². The number of rotatable bonds is 3. The lowest BCUT2D eigenvalue weighted by atomic mass is 10.2. The number of carbonyl (C=O) groups is 2. The predicted octanol–water partition coefficient (Wildman–Crippen LogP) is 1.96. The van der Waals surface area contributed by atoms with E-state index in [4.69, 9.17) is 5.11 Å². The molecular weight excluding hydrogens is 300 g/mol. The smallest absolute Gasteiger partial charge is 0.326 e. The van der Waals surface area contributed by atoms with E-state index in [1.165, 1.54) is 4.90 Å². The zero-order valence-corrected chi connectivity index (χ0v) is 11.7. The highest BCUT2D eigenvalue weighted by Crippen LogP contribution is 2.23. The molecule has 1 fully saturated rings. The van der Waals surface area contributed by atoms with E-state index in [2.05, 4.69) is 15.9 Å². The zero-order valence-electron chi connectivity index (χ0n) is 10.1. The Labute approximate surface area is 114 Å². The molecule has 1 amide bonds. The van der Waals surface area contributed by atoms with Crippen molar-refractivity contribution >= 4 is 27.8 Å². The molecule has 98 valence electrons. The van der Waals surface area contributed by atoms with Crippen molar-refractivity contribution in [2.75, 3.05) is 6.54 Å². The lowest BCUT2D eigenvalue weighted by Crippen LogP contribution is -2.41. The monoisotopic (exact) mass is 314 g/mol. The molecule has 0 saturated carbocycles. The molecule has 0 radical (unpaired) electrons. The third-order valence-electron chi connectivity index (χ3n) is 3.22. The lowest BCUT2D eigenvalue weighted by molar-refractivity contribution is -0.141. The van der Waals surface area contributed by atoms with Crippen molar-refractivity contribution in [2.45, 2.75) is 32.4 Å². The fourth-order valence-electron chi connectivity index (χ4n) is 2.33. The first-order valence-electron chi connectivity index (χ1n) is 5.94. The molecule has 1 aromatic rings. The third kappa shape index (κ3) is 2.29. The van der Waals surface area contributed by atoms with Crippen molar-refractivity contribution in [3.63, 3.8) is 0 Å². The van der Waals surface area contributed by atoms with E-state index < -0.39 is 12.0 Å². The zero-order chi connectivity index (χ0) is 13.3. The predicted molar refractivity (Wildman–Crippen MR) is 69.5 cm³/mol. The molecule has 1 N–H and O–H groups in total. The number of hydrogen-bond donors (Lipinski definition) is 1. The second-order valence-electron chi connectivity index (χ2n) is 4.32. The number of carbonyl (C=O) groups excluding carboxylic acids is 1. The summed E-state index contributed by atoms with van der Waals surface area (Å²) in [4.78, 5) is 24.9. The van der Waals surface area contributed by atoms with Crippen LogP contribution in [0.4, 0.5) is 0 Å². The minimum Gasteiger partial charge on any atom is -0.480 e. The van der Waals surface area contributed by atoms with Gasteiger partial charge in [0, 0.05) is 23.8 Å². The van der Waals surface area contributed by atoms with Crippen LogP contribution in [0.1, 0.15) is 30.3 Å². The van der Waals surface area contributed by atoms with E-state index in [9.17, 15) is 9.59 Å². The molecule has 1 atom stereocenters. The molecule has 5 nitrogen and oxygen atoms in total. The third-order valence-corrected chi connectivity index (χ3v) is 3.66. The van der Waals surface area contributed by atoms with Gasteiger partial charge in [-0.25, -0.2) is 4.79 Å². The van der Waals surface area contributed by atoms with Crippen LogP contribution in [-0.4, -0.2) is 39.0 Å². The lowest BCUT2D eigenvalue weighted by Gasteiger charge is -2.21. The fourth-order valence-corrected chi connectivity index (χ4v) is 2.79. The SMILES string of the molecule is CCn1cc(Br)cc1C(=O)N1CCCC1C(=O)O. The average Bonchev–Trinajstić information content (AvgIpc) is 2.93. The summed E-state index contributed by atoms with van der Waals surface area (Å²) in [5.74, 6) is -1.12. The van der Waals surface area contributed by atoms with Crippen LogP contribution in [-0.2, 0) is 11.3 Å². The van der Waals surface area contributed by atoms with E-state index in [0.29, 0.717) is 25.2 Å². The summed E-state index contributed by atoms with van der Waals surface area (Å²) in [6.07, 6.45) is 3.12. The molecule has 1 aliphatic heterocycles. The Morgan fingerprint density at radius 1 is 1.56 bits per heavy atom. The van der Waals surface area contributed by atoms with Crippen LogP contribution in [0, 0.1) is 0 Å². The number of likely N-dealkylation sites (tertiary alicyclic amines) is 1. The Kier molecular flexibility index (Phi) is 3.75. The Hall–Kier alpha value is -1.30. The van der Waals surface area contributed by atoms with Crippen LogP contribution < -0.4 is 0 Å². The van der Waals surface area contributed by atoms with Gasteiger partial charge in [0.25, 0.3) is 5.91 Å². The summed E-state index contributed by atoms with van der Waals surface area (Å²) in [6, 6.07) is 1.06. The number of amides is 1. The van der Waals surface area contributed by atoms with Crippen LogP contribution >= 0.6 is 15.9 Å². The van der Waals surface area contributed by atoms with Gasteiger partial charge < -0.3 is 14.6 Å². The second kappa shape index (κ2) is 5.14. The van der Waals surface area contributed by atoms with E-state index in [1.807, 2.05) is 17.7 Å². The molecule has 1 aliphatic rings. The summed E-state index contributed by atoms with van der Waals surface area (Å²) in [5, 5.41) is 9.10. The number of carboxylic acids is 1. The van der Waals surface area contributed by atoms with Gasteiger partial charge >= 0.3 is 5.97 Å². The molecule has 1 unspecified atom stereocenters. The van der Waals surface area contributed by atoms with Gasteiger partial charge in [-0.1, -0.05) is 0 Å². The van der Waals surface area contributed by atoms with Gasteiger partial charge in [0.1, 0.15) is 11.7 Å². The van der Waals surface area contributed by atoms with Crippen LogP contribution in [0.5, 0.6) is 0 Å². The van der Waals surface area contributed by atoms with Crippen LogP contribution in [0.25, 0.3) is 0 Å². The van der Waals surface area contributed by atoms with E-state index >= 15 is 0 Å². The van der Waals surface area contributed by atoms with Gasteiger partial charge in [-0.05, 0) is 41.8 Å². The molecule has 6 heteroatoms. The normalized spacial score (nSPS) is 19.2. The maximum Gasteiger partial charge on any atom is 0.326 e. The number of aliphatic carboxylic acids is 1. The van der Waals surface area contributed by atoms with Gasteiger partial charge in [-0.15, -0.1) is 0 Å². The molecule has 0 aromatic carbocycles. The highest BCUT2D eigenvalue weighted by Gasteiger charge is 2.35. The van der Waals surface area contributed by atoms with Gasteiger partial charge in [-0.2, -0.15) is 0 Å².